The van der Waals surface area contributed by atoms with Crippen LogP contribution in [-0.2, 0) is 4.79 Å². The number of aromatic nitrogens is 4. The molecular formula is C21H24N6O2. The highest BCUT2D eigenvalue weighted by Crippen LogP contribution is 2.32. The molecule has 0 bridgehead atoms. The van der Waals surface area contributed by atoms with E-state index in [0.29, 0.717) is 18.1 Å². The van der Waals surface area contributed by atoms with Crippen LogP contribution in [0.15, 0.2) is 41.3 Å². The molecule has 1 aliphatic heterocycles. The van der Waals surface area contributed by atoms with E-state index in [2.05, 4.69) is 25.3 Å². The standard InChI is InChI=1S/C21H24N6O2/c1-14-10-19(26-29-14)25-20(28)13-27-9-3-4-17(12-27)21-18(11-23-15(2)24-21)16-5-7-22-8-6-16/h5-8,10-11,17H,3-4,9,12-13H2,1-2H3,(H,25,26,28)/t17-/m0/s1. The van der Waals surface area contributed by atoms with Gasteiger partial charge in [-0.3, -0.25) is 14.7 Å². The number of pyridine rings is 1. The number of amides is 1. The van der Waals surface area contributed by atoms with Gasteiger partial charge in [0.25, 0.3) is 0 Å². The van der Waals surface area contributed by atoms with Crippen LogP contribution in [0.4, 0.5) is 5.82 Å². The Labute approximate surface area is 169 Å². The quantitative estimate of drug-likeness (QED) is 0.713. The third kappa shape index (κ3) is 4.65. The van der Waals surface area contributed by atoms with Crippen molar-refractivity contribution < 1.29 is 9.32 Å². The molecule has 0 aromatic carbocycles. The monoisotopic (exact) mass is 392 g/mol. The number of likely N-dealkylation sites (tertiary alicyclic amines) is 1. The Morgan fingerprint density at radius 2 is 2.14 bits per heavy atom. The number of rotatable bonds is 5. The normalized spacial score (nSPS) is 17.2. The van der Waals surface area contributed by atoms with Crippen LogP contribution in [0.3, 0.4) is 0 Å². The third-order valence-electron chi connectivity index (χ3n) is 5.08. The van der Waals surface area contributed by atoms with Gasteiger partial charge in [-0.2, -0.15) is 0 Å². The number of carbonyl (C=O) groups excluding carboxylic acids is 1. The Kier molecular flexibility index (Phi) is 5.62. The van der Waals surface area contributed by atoms with Crippen LogP contribution < -0.4 is 5.32 Å². The topological polar surface area (TPSA) is 97.0 Å². The molecule has 4 rings (SSSR count). The van der Waals surface area contributed by atoms with E-state index >= 15 is 0 Å². The van der Waals surface area contributed by atoms with Gasteiger partial charge in [0, 0.05) is 42.7 Å². The number of nitrogens with zero attached hydrogens (tertiary/aromatic N) is 5. The lowest BCUT2D eigenvalue weighted by Gasteiger charge is -2.32. The molecule has 1 N–H and O–H groups in total. The first-order chi connectivity index (χ1) is 14.1. The Morgan fingerprint density at radius 3 is 2.90 bits per heavy atom. The van der Waals surface area contributed by atoms with E-state index in [0.717, 1.165) is 48.6 Å². The fraction of sp³-hybridized carbons (Fsp3) is 0.381. The molecule has 3 aromatic rings. The van der Waals surface area contributed by atoms with Gasteiger partial charge in [-0.05, 0) is 50.9 Å². The van der Waals surface area contributed by atoms with Gasteiger partial charge in [0.05, 0.1) is 12.2 Å². The summed E-state index contributed by atoms with van der Waals surface area (Å²) in [6.45, 7) is 5.68. The summed E-state index contributed by atoms with van der Waals surface area (Å²) in [5.41, 5.74) is 3.14. The second kappa shape index (κ2) is 8.48. The lowest BCUT2D eigenvalue weighted by molar-refractivity contribution is -0.117. The molecule has 0 saturated carbocycles. The molecule has 1 aliphatic rings. The molecule has 1 fully saturated rings. The number of anilines is 1. The third-order valence-corrected chi connectivity index (χ3v) is 5.08. The molecule has 0 unspecified atom stereocenters. The molecule has 0 radical (unpaired) electrons. The van der Waals surface area contributed by atoms with Crippen molar-refractivity contribution in [1.82, 2.24) is 25.0 Å². The van der Waals surface area contributed by atoms with Crippen molar-refractivity contribution in [2.75, 3.05) is 25.0 Å². The van der Waals surface area contributed by atoms with E-state index in [-0.39, 0.29) is 11.8 Å². The Hall–Kier alpha value is -3.13. The van der Waals surface area contributed by atoms with Crippen molar-refractivity contribution in [1.29, 1.82) is 0 Å². The highest BCUT2D eigenvalue weighted by atomic mass is 16.5. The second-order valence-electron chi connectivity index (χ2n) is 7.40. The zero-order chi connectivity index (χ0) is 20.2. The largest absolute Gasteiger partial charge is 0.360 e. The number of aryl methyl sites for hydroxylation is 2. The summed E-state index contributed by atoms with van der Waals surface area (Å²) >= 11 is 0. The molecule has 1 saturated heterocycles. The molecule has 8 heteroatoms. The van der Waals surface area contributed by atoms with Gasteiger partial charge >= 0.3 is 0 Å². The van der Waals surface area contributed by atoms with Crippen LogP contribution in [-0.4, -0.2) is 50.5 Å². The van der Waals surface area contributed by atoms with Crippen molar-refractivity contribution in [3.63, 3.8) is 0 Å². The van der Waals surface area contributed by atoms with E-state index < -0.39 is 0 Å². The predicted octanol–water partition coefficient (Wildman–Crippen LogP) is 2.96. The van der Waals surface area contributed by atoms with Crippen LogP contribution in [0, 0.1) is 13.8 Å². The van der Waals surface area contributed by atoms with Crippen LogP contribution in [0.25, 0.3) is 11.1 Å². The minimum Gasteiger partial charge on any atom is -0.360 e. The van der Waals surface area contributed by atoms with Gasteiger partial charge < -0.3 is 9.84 Å². The number of piperidine rings is 1. The molecule has 0 aliphatic carbocycles. The Balaban J connectivity index is 1.48. The molecule has 8 nitrogen and oxygen atoms in total. The molecule has 150 valence electrons. The minimum absolute atomic E-state index is 0.0906. The van der Waals surface area contributed by atoms with Gasteiger partial charge in [0.2, 0.25) is 5.91 Å². The van der Waals surface area contributed by atoms with Crippen molar-refractivity contribution >= 4 is 11.7 Å². The Bertz CT molecular complexity index is 988. The van der Waals surface area contributed by atoms with E-state index in [9.17, 15) is 4.79 Å². The molecule has 29 heavy (non-hydrogen) atoms. The van der Waals surface area contributed by atoms with Crippen molar-refractivity contribution in [3.8, 4) is 11.1 Å². The number of carbonyl (C=O) groups is 1. The summed E-state index contributed by atoms with van der Waals surface area (Å²) in [5, 5.41) is 6.61. The molecule has 1 amide bonds. The maximum Gasteiger partial charge on any atom is 0.239 e. The lowest BCUT2D eigenvalue weighted by Crippen LogP contribution is -2.40. The predicted molar refractivity (Wildman–Crippen MR) is 108 cm³/mol. The summed E-state index contributed by atoms with van der Waals surface area (Å²) in [5.74, 6) is 2.03. The summed E-state index contributed by atoms with van der Waals surface area (Å²) in [7, 11) is 0. The zero-order valence-electron chi connectivity index (χ0n) is 16.6. The first-order valence-corrected chi connectivity index (χ1v) is 9.78. The molecule has 4 heterocycles. The van der Waals surface area contributed by atoms with Gasteiger partial charge in [-0.25, -0.2) is 9.97 Å². The summed E-state index contributed by atoms with van der Waals surface area (Å²) in [6, 6.07) is 5.67. The first kappa shape index (κ1) is 19.2. The fourth-order valence-electron chi connectivity index (χ4n) is 3.79. The van der Waals surface area contributed by atoms with Crippen molar-refractivity contribution in [2.24, 2.45) is 0 Å². The maximum absolute atomic E-state index is 12.4. The highest BCUT2D eigenvalue weighted by Gasteiger charge is 2.26. The number of nitrogens with one attached hydrogen (secondary N) is 1. The average Bonchev–Trinajstić information content (AvgIpc) is 3.13. The van der Waals surface area contributed by atoms with E-state index in [1.165, 1.54) is 0 Å². The fourth-order valence-corrected chi connectivity index (χ4v) is 3.79. The van der Waals surface area contributed by atoms with Crippen LogP contribution in [0.5, 0.6) is 0 Å². The summed E-state index contributed by atoms with van der Waals surface area (Å²) in [6.07, 6.45) is 7.50. The first-order valence-electron chi connectivity index (χ1n) is 9.78. The van der Waals surface area contributed by atoms with Gasteiger partial charge in [-0.15, -0.1) is 0 Å². The second-order valence-corrected chi connectivity index (χ2v) is 7.40. The molecule has 0 spiro atoms. The van der Waals surface area contributed by atoms with Crippen LogP contribution in [0.2, 0.25) is 0 Å². The van der Waals surface area contributed by atoms with Gasteiger partial charge in [0.1, 0.15) is 11.6 Å². The highest BCUT2D eigenvalue weighted by molar-refractivity contribution is 5.91. The number of hydrogen-bond acceptors (Lipinski definition) is 7. The molecular weight excluding hydrogens is 368 g/mol. The van der Waals surface area contributed by atoms with E-state index in [1.807, 2.05) is 25.3 Å². The molecule has 1 atom stereocenters. The van der Waals surface area contributed by atoms with Crippen LogP contribution in [0.1, 0.15) is 36.0 Å². The van der Waals surface area contributed by atoms with Crippen molar-refractivity contribution in [2.45, 2.75) is 32.6 Å². The SMILES string of the molecule is Cc1ncc(-c2ccncc2)c([C@H]2CCCN(CC(=O)Nc3cc(C)on3)C2)n1. The zero-order valence-corrected chi connectivity index (χ0v) is 16.6. The van der Waals surface area contributed by atoms with Crippen LogP contribution >= 0.6 is 0 Å². The van der Waals surface area contributed by atoms with Crippen molar-refractivity contribution in [3.05, 3.63) is 54.1 Å². The van der Waals surface area contributed by atoms with E-state index in [1.54, 1.807) is 25.4 Å². The molecule has 3 aromatic heterocycles. The van der Waals surface area contributed by atoms with Gasteiger partial charge in [-0.1, -0.05) is 5.16 Å². The summed E-state index contributed by atoms with van der Waals surface area (Å²) < 4.78 is 5.00. The smallest absolute Gasteiger partial charge is 0.239 e. The average molecular weight is 392 g/mol. The van der Waals surface area contributed by atoms with E-state index in [4.69, 9.17) is 9.51 Å². The lowest BCUT2D eigenvalue weighted by atomic mass is 9.90. The maximum atomic E-state index is 12.4. The van der Waals surface area contributed by atoms with Gasteiger partial charge in [0.15, 0.2) is 5.82 Å². The minimum atomic E-state index is -0.0906. The number of hydrogen-bond donors (Lipinski definition) is 1. The Morgan fingerprint density at radius 1 is 1.31 bits per heavy atom. The summed E-state index contributed by atoms with van der Waals surface area (Å²) in [4.78, 5) is 27.9.